The van der Waals surface area contributed by atoms with Crippen LogP contribution in [0.4, 0.5) is 11.5 Å². The molecule has 7 heteroatoms. The molecule has 1 aliphatic rings. The Bertz CT molecular complexity index is 492. The van der Waals surface area contributed by atoms with Gasteiger partial charge in [-0.3, -0.25) is 19.8 Å². The molecular formula is C10H11N3O3S. The molecule has 1 unspecified atom stereocenters. The van der Waals surface area contributed by atoms with E-state index in [0.717, 1.165) is 0 Å². The monoisotopic (exact) mass is 253 g/mol. The number of thiol groups is 1. The minimum Gasteiger partial charge on any atom is -0.296 e. The third-order valence-corrected chi connectivity index (χ3v) is 2.97. The average molecular weight is 253 g/mol. The minimum atomic E-state index is -0.487. The van der Waals surface area contributed by atoms with Gasteiger partial charge in [0, 0.05) is 24.3 Å². The number of pyridine rings is 1. The highest BCUT2D eigenvalue weighted by Crippen LogP contribution is 2.25. The number of aryl methyl sites for hydroxylation is 1. The molecule has 6 nitrogen and oxygen atoms in total. The molecule has 0 saturated carbocycles. The van der Waals surface area contributed by atoms with Gasteiger partial charge in [-0.2, -0.15) is 12.6 Å². The van der Waals surface area contributed by atoms with Crippen LogP contribution in [-0.4, -0.2) is 27.6 Å². The SMILES string of the molecule is Cc1nc(N2CC(S)CC2=O)ccc1[N+](=O)[O-]. The molecule has 2 heterocycles. The number of carbonyl (C=O) groups is 1. The molecule has 0 aromatic carbocycles. The lowest BCUT2D eigenvalue weighted by Gasteiger charge is -2.14. The molecule has 1 aromatic rings. The van der Waals surface area contributed by atoms with Gasteiger partial charge in [0.1, 0.15) is 11.5 Å². The van der Waals surface area contributed by atoms with Crippen LogP contribution in [0, 0.1) is 17.0 Å². The number of hydrogen-bond donors (Lipinski definition) is 1. The van der Waals surface area contributed by atoms with Crippen molar-refractivity contribution in [3.8, 4) is 0 Å². The zero-order valence-corrected chi connectivity index (χ0v) is 10.1. The highest BCUT2D eigenvalue weighted by molar-refractivity contribution is 7.81. The van der Waals surface area contributed by atoms with Gasteiger partial charge < -0.3 is 0 Å². The molecule has 1 aromatic heterocycles. The van der Waals surface area contributed by atoms with Crippen LogP contribution in [0.25, 0.3) is 0 Å². The number of carbonyl (C=O) groups excluding carboxylic acids is 1. The van der Waals surface area contributed by atoms with Crippen molar-refractivity contribution in [1.29, 1.82) is 0 Å². The second-order valence-electron chi connectivity index (χ2n) is 3.89. The van der Waals surface area contributed by atoms with Crippen molar-refractivity contribution in [2.24, 2.45) is 0 Å². The number of amides is 1. The number of rotatable bonds is 2. The van der Waals surface area contributed by atoms with Crippen molar-refractivity contribution in [2.75, 3.05) is 11.4 Å². The molecule has 2 rings (SSSR count). The summed E-state index contributed by atoms with van der Waals surface area (Å²) in [6.07, 6.45) is 0.376. The normalized spacial score (nSPS) is 19.8. The lowest BCUT2D eigenvalue weighted by Crippen LogP contribution is -2.25. The van der Waals surface area contributed by atoms with E-state index in [1.165, 1.54) is 17.0 Å². The Hall–Kier alpha value is -1.63. The van der Waals surface area contributed by atoms with Crippen molar-refractivity contribution in [1.82, 2.24) is 4.98 Å². The summed E-state index contributed by atoms with van der Waals surface area (Å²) < 4.78 is 0. The highest BCUT2D eigenvalue weighted by atomic mass is 32.1. The number of aromatic nitrogens is 1. The molecule has 0 bridgehead atoms. The maximum atomic E-state index is 11.6. The molecular weight excluding hydrogens is 242 g/mol. The van der Waals surface area contributed by atoms with Gasteiger partial charge in [-0.25, -0.2) is 4.98 Å². The van der Waals surface area contributed by atoms with Crippen LogP contribution < -0.4 is 4.90 Å². The lowest BCUT2D eigenvalue weighted by atomic mass is 10.3. The Morgan fingerprint density at radius 3 is 2.76 bits per heavy atom. The first-order valence-corrected chi connectivity index (χ1v) is 5.61. The van der Waals surface area contributed by atoms with E-state index in [-0.39, 0.29) is 16.8 Å². The van der Waals surface area contributed by atoms with Gasteiger partial charge in [-0.05, 0) is 13.0 Å². The fourth-order valence-electron chi connectivity index (χ4n) is 1.79. The van der Waals surface area contributed by atoms with Crippen LogP contribution in [0.1, 0.15) is 12.1 Å². The Balaban J connectivity index is 2.32. The van der Waals surface area contributed by atoms with Gasteiger partial charge in [0.05, 0.1) is 4.92 Å². The van der Waals surface area contributed by atoms with Gasteiger partial charge in [-0.1, -0.05) is 0 Å². The molecule has 1 amide bonds. The van der Waals surface area contributed by atoms with Gasteiger partial charge in [0.2, 0.25) is 5.91 Å². The zero-order valence-electron chi connectivity index (χ0n) is 9.16. The summed E-state index contributed by atoms with van der Waals surface area (Å²) in [5, 5.41) is 10.6. The smallest absolute Gasteiger partial charge is 0.290 e. The molecule has 0 spiro atoms. The summed E-state index contributed by atoms with van der Waals surface area (Å²) in [5.74, 6) is 0.403. The standard InChI is InChI=1S/C10H11N3O3S/c1-6-8(13(15)16)2-3-9(11-6)12-5-7(17)4-10(12)14/h2-3,7,17H,4-5H2,1H3. The first-order valence-electron chi connectivity index (χ1n) is 5.09. The van der Waals surface area contributed by atoms with Crippen LogP contribution in [0.5, 0.6) is 0 Å². The van der Waals surface area contributed by atoms with Crippen molar-refractivity contribution in [2.45, 2.75) is 18.6 Å². The molecule has 1 atom stereocenters. The third-order valence-electron chi connectivity index (χ3n) is 2.62. The predicted octanol–water partition coefficient (Wildman–Crippen LogP) is 1.33. The van der Waals surface area contributed by atoms with E-state index in [4.69, 9.17) is 0 Å². The molecule has 0 aliphatic carbocycles. The predicted molar refractivity (Wildman–Crippen MR) is 65.4 cm³/mol. The summed E-state index contributed by atoms with van der Waals surface area (Å²) >= 11 is 4.24. The molecule has 1 saturated heterocycles. The molecule has 17 heavy (non-hydrogen) atoms. The van der Waals surface area contributed by atoms with Crippen LogP contribution in [0.3, 0.4) is 0 Å². The number of nitro groups is 1. The molecule has 90 valence electrons. The van der Waals surface area contributed by atoms with Crippen molar-refractivity contribution < 1.29 is 9.72 Å². The van der Waals surface area contributed by atoms with Crippen LogP contribution in [0.15, 0.2) is 12.1 Å². The zero-order chi connectivity index (χ0) is 12.6. The van der Waals surface area contributed by atoms with E-state index < -0.39 is 4.92 Å². The molecule has 1 fully saturated rings. The summed E-state index contributed by atoms with van der Waals surface area (Å²) in [6, 6.07) is 2.87. The maximum absolute atomic E-state index is 11.6. The second-order valence-corrected chi connectivity index (χ2v) is 4.62. The van der Waals surface area contributed by atoms with E-state index in [9.17, 15) is 14.9 Å². The van der Waals surface area contributed by atoms with Gasteiger partial charge in [0.25, 0.3) is 5.69 Å². The summed E-state index contributed by atoms with van der Waals surface area (Å²) in [4.78, 5) is 27.4. The molecule has 1 aliphatic heterocycles. The summed E-state index contributed by atoms with van der Waals surface area (Å²) in [6.45, 7) is 2.05. The van der Waals surface area contributed by atoms with E-state index in [1.807, 2.05) is 0 Å². The number of hydrogen-bond acceptors (Lipinski definition) is 5. The first kappa shape index (κ1) is 11.8. The number of anilines is 1. The Morgan fingerprint density at radius 2 is 2.29 bits per heavy atom. The molecule has 0 N–H and O–H groups in total. The topological polar surface area (TPSA) is 76.3 Å². The first-order chi connectivity index (χ1) is 7.99. The van der Waals surface area contributed by atoms with E-state index in [2.05, 4.69) is 17.6 Å². The van der Waals surface area contributed by atoms with Gasteiger partial charge in [0.15, 0.2) is 0 Å². The van der Waals surface area contributed by atoms with Crippen molar-refractivity contribution >= 4 is 30.0 Å². The highest BCUT2D eigenvalue weighted by Gasteiger charge is 2.29. The summed E-state index contributed by atoms with van der Waals surface area (Å²) in [5.41, 5.74) is 0.269. The summed E-state index contributed by atoms with van der Waals surface area (Å²) in [7, 11) is 0. The van der Waals surface area contributed by atoms with E-state index >= 15 is 0 Å². The maximum Gasteiger partial charge on any atom is 0.290 e. The van der Waals surface area contributed by atoms with Crippen LogP contribution >= 0.6 is 12.6 Å². The van der Waals surface area contributed by atoms with Crippen LogP contribution in [0.2, 0.25) is 0 Å². The average Bonchev–Trinajstić information content (AvgIpc) is 2.57. The van der Waals surface area contributed by atoms with Crippen LogP contribution in [-0.2, 0) is 4.79 Å². The Kier molecular flexibility index (Phi) is 3.01. The quantitative estimate of drug-likeness (QED) is 0.490. The Labute approximate surface area is 103 Å². The fourth-order valence-corrected chi connectivity index (χ4v) is 2.11. The van der Waals surface area contributed by atoms with Gasteiger partial charge in [-0.15, -0.1) is 0 Å². The van der Waals surface area contributed by atoms with Crippen molar-refractivity contribution in [3.63, 3.8) is 0 Å². The third kappa shape index (κ3) is 2.23. The lowest BCUT2D eigenvalue weighted by molar-refractivity contribution is -0.385. The fraction of sp³-hybridized carbons (Fsp3) is 0.400. The van der Waals surface area contributed by atoms with Gasteiger partial charge >= 0.3 is 0 Å². The van der Waals surface area contributed by atoms with Crippen molar-refractivity contribution in [3.05, 3.63) is 27.9 Å². The minimum absolute atomic E-state index is 0.000187. The number of nitrogens with zero attached hydrogens (tertiary/aromatic N) is 3. The second kappa shape index (κ2) is 4.33. The Morgan fingerprint density at radius 1 is 1.59 bits per heavy atom. The van der Waals surface area contributed by atoms with E-state index in [1.54, 1.807) is 6.92 Å². The molecule has 0 radical (unpaired) electrons. The van der Waals surface area contributed by atoms with E-state index in [0.29, 0.717) is 24.5 Å². The largest absolute Gasteiger partial charge is 0.296 e.